The van der Waals surface area contributed by atoms with Crippen LogP contribution in [0.4, 0.5) is 24.8 Å². The number of benzene rings is 2. The number of anilines is 2. The molecule has 0 aliphatic carbocycles. The Morgan fingerprint density at radius 1 is 0.975 bits per heavy atom. The lowest BCUT2D eigenvalue weighted by atomic mass is 10.1. The summed E-state index contributed by atoms with van der Waals surface area (Å²) in [6.45, 7) is 2.17. The summed E-state index contributed by atoms with van der Waals surface area (Å²) in [6, 6.07) is 8.16. The Hall–Kier alpha value is -4.63. The van der Waals surface area contributed by atoms with Gasteiger partial charge in [-0.3, -0.25) is 4.72 Å². The van der Waals surface area contributed by atoms with E-state index in [-0.39, 0.29) is 23.2 Å². The molecule has 0 saturated carbocycles. The molecule has 5 aromatic rings. The summed E-state index contributed by atoms with van der Waals surface area (Å²) >= 11 is 1.13. The van der Waals surface area contributed by atoms with Crippen LogP contribution >= 0.6 is 11.3 Å². The third-order valence-electron chi connectivity index (χ3n) is 5.37. The first-order valence-corrected chi connectivity index (χ1v) is 13.8. The number of halogens is 3. The van der Waals surface area contributed by atoms with Crippen molar-refractivity contribution in [3.63, 3.8) is 0 Å². The van der Waals surface area contributed by atoms with Gasteiger partial charge in [-0.1, -0.05) is 12.1 Å². The number of thiazole rings is 1. The van der Waals surface area contributed by atoms with Crippen LogP contribution in [0.15, 0.2) is 66.0 Å². The van der Waals surface area contributed by atoms with E-state index in [9.17, 15) is 17.2 Å². The first-order valence-electron chi connectivity index (χ1n) is 11.5. The largest absolute Gasteiger partial charge is 0.464 e. The van der Waals surface area contributed by atoms with E-state index in [1.54, 1.807) is 13.0 Å². The molecular formula is C25H18F3N7O3S2. The van der Waals surface area contributed by atoms with E-state index in [0.29, 0.717) is 27.7 Å². The second-order valence-corrected chi connectivity index (χ2v) is 10.6. The Kier molecular flexibility index (Phi) is 7.32. The number of hydrogen-bond acceptors (Lipinski definition) is 10. The minimum atomic E-state index is -4.83. The summed E-state index contributed by atoms with van der Waals surface area (Å²) in [6.07, 6.45) is 4.40. The zero-order valence-electron chi connectivity index (χ0n) is 20.5. The van der Waals surface area contributed by atoms with E-state index < -0.39 is 38.1 Å². The molecule has 0 bridgehead atoms. The maximum atomic E-state index is 15.9. The number of nitrogens with two attached hydrogens (primary N) is 1. The van der Waals surface area contributed by atoms with Crippen LogP contribution in [0.25, 0.3) is 32.4 Å². The second kappa shape index (κ2) is 10.9. The van der Waals surface area contributed by atoms with Crippen molar-refractivity contribution in [2.45, 2.75) is 11.8 Å². The van der Waals surface area contributed by atoms with Crippen LogP contribution < -0.4 is 15.2 Å². The van der Waals surface area contributed by atoms with Crippen molar-refractivity contribution in [1.82, 2.24) is 24.9 Å². The van der Waals surface area contributed by atoms with Gasteiger partial charge >= 0.3 is 6.01 Å². The van der Waals surface area contributed by atoms with Gasteiger partial charge in [0.25, 0.3) is 10.0 Å². The van der Waals surface area contributed by atoms with Gasteiger partial charge < -0.3 is 10.5 Å². The number of nitrogens with zero attached hydrogens (tertiary/aromatic N) is 5. The topological polar surface area (TPSA) is 146 Å². The molecule has 0 aliphatic heterocycles. The van der Waals surface area contributed by atoms with E-state index >= 15 is 4.39 Å². The summed E-state index contributed by atoms with van der Waals surface area (Å²) in [5, 5.41) is 0.393. The van der Waals surface area contributed by atoms with E-state index in [2.05, 4.69) is 24.9 Å². The highest BCUT2D eigenvalue weighted by Crippen LogP contribution is 2.42. The van der Waals surface area contributed by atoms with E-state index in [4.69, 9.17) is 10.5 Å². The highest BCUT2D eigenvalue weighted by molar-refractivity contribution is 7.92. The third-order valence-corrected chi connectivity index (χ3v) is 7.91. The van der Waals surface area contributed by atoms with Crippen molar-refractivity contribution in [1.29, 1.82) is 0 Å². The number of nitrogen functional groups attached to an aromatic ring is 1. The number of sulfonamides is 1. The van der Waals surface area contributed by atoms with Crippen molar-refractivity contribution in [3.05, 3.63) is 78.5 Å². The van der Waals surface area contributed by atoms with E-state index in [0.717, 1.165) is 35.6 Å². The quantitative estimate of drug-likeness (QED) is 0.259. The number of nitrogens with one attached hydrogen (secondary N) is 1. The molecule has 3 aromatic heterocycles. The summed E-state index contributed by atoms with van der Waals surface area (Å²) in [5.41, 5.74) is 6.03. The fourth-order valence-electron chi connectivity index (χ4n) is 3.66. The Morgan fingerprint density at radius 3 is 2.35 bits per heavy atom. The molecule has 0 atom stereocenters. The predicted octanol–water partition coefficient (Wildman–Crippen LogP) is 4.92. The summed E-state index contributed by atoms with van der Waals surface area (Å²) in [7, 11) is -4.83. The monoisotopic (exact) mass is 585 g/mol. The van der Waals surface area contributed by atoms with Gasteiger partial charge in [0.1, 0.15) is 16.6 Å². The van der Waals surface area contributed by atoms with Gasteiger partial charge in [0.2, 0.25) is 5.95 Å². The Morgan fingerprint density at radius 2 is 1.68 bits per heavy atom. The van der Waals surface area contributed by atoms with Crippen molar-refractivity contribution < 1.29 is 26.3 Å². The molecular weight excluding hydrogens is 567 g/mol. The molecule has 40 heavy (non-hydrogen) atoms. The summed E-state index contributed by atoms with van der Waals surface area (Å²) < 4.78 is 77.1. The van der Waals surface area contributed by atoms with Gasteiger partial charge in [0.15, 0.2) is 10.7 Å². The second-order valence-electron chi connectivity index (χ2n) is 8.01. The molecule has 0 saturated heterocycles. The van der Waals surface area contributed by atoms with Crippen molar-refractivity contribution >= 4 is 33.0 Å². The summed E-state index contributed by atoms with van der Waals surface area (Å²) in [5.74, 6) is -3.72. The van der Waals surface area contributed by atoms with E-state index in [1.165, 1.54) is 30.7 Å². The van der Waals surface area contributed by atoms with Crippen molar-refractivity contribution in [3.8, 4) is 38.4 Å². The van der Waals surface area contributed by atoms with Crippen molar-refractivity contribution in [2.24, 2.45) is 0 Å². The number of rotatable bonds is 8. The van der Waals surface area contributed by atoms with Crippen LogP contribution in [0.2, 0.25) is 0 Å². The molecule has 0 fully saturated rings. The number of ether oxygens (including phenoxy) is 1. The maximum absolute atomic E-state index is 15.9. The molecule has 5 rings (SSSR count). The molecule has 0 unspecified atom stereocenters. The highest BCUT2D eigenvalue weighted by atomic mass is 32.2. The molecule has 15 heteroatoms. The van der Waals surface area contributed by atoms with Crippen molar-refractivity contribution in [2.75, 3.05) is 17.1 Å². The molecule has 0 spiro atoms. The SMILES string of the molecule is CCOc1ncc(-c2nc(-c3cccc(NS(=O)(=O)c4c(F)cccc4F)c3F)c(-c3ccnc(N)n3)s2)cn1. The fraction of sp³-hybridized carbons (Fsp3) is 0.0800. The molecule has 10 nitrogen and oxygen atoms in total. The molecule has 0 amide bonds. The fourth-order valence-corrected chi connectivity index (χ4v) is 5.88. The smallest absolute Gasteiger partial charge is 0.316 e. The third kappa shape index (κ3) is 5.28. The standard InChI is InChI=1S/C25H18F3N7O3S2/c1-2-38-25-31-11-13(12-32-25)23-34-20(21(39-23)18-9-10-30-24(29)33-18)14-5-3-8-17(19(14)28)35-40(36,37)22-15(26)6-4-7-16(22)27/h3-12,35H,2H2,1H3,(H2,29,30,33). The molecule has 2 aromatic carbocycles. The van der Waals surface area contributed by atoms with E-state index in [1.807, 2.05) is 4.72 Å². The lowest BCUT2D eigenvalue weighted by Crippen LogP contribution is -2.17. The zero-order valence-corrected chi connectivity index (χ0v) is 22.1. The minimum Gasteiger partial charge on any atom is -0.464 e. The van der Waals surface area contributed by atoms with Gasteiger partial charge in [-0.2, -0.15) is 0 Å². The van der Waals surface area contributed by atoms with Crippen LogP contribution in [-0.2, 0) is 10.0 Å². The minimum absolute atomic E-state index is 0.0308. The van der Waals surface area contributed by atoms with Crippen LogP contribution in [0.1, 0.15) is 6.92 Å². The van der Waals surface area contributed by atoms with Crippen LogP contribution in [0.3, 0.4) is 0 Å². The lowest BCUT2D eigenvalue weighted by Gasteiger charge is -2.12. The van der Waals surface area contributed by atoms with Gasteiger partial charge in [0, 0.05) is 29.7 Å². The molecule has 0 radical (unpaired) electrons. The van der Waals surface area contributed by atoms with Crippen LogP contribution in [0, 0.1) is 17.5 Å². The molecule has 0 aliphatic rings. The zero-order chi connectivity index (χ0) is 28.4. The highest BCUT2D eigenvalue weighted by Gasteiger charge is 2.27. The average Bonchev–Trinajstić information content (AvgIpc) is 3.35. The number of aromatic nitrogens is 5. The Labute approximate surface area is 229 Å². The summed E-state index contributed by atoms with van der Waals surface area (Å²) in [4.78, 5) is 20.1. The lowest BCUT2D eigenvalue weighted by molar-refractivity contribution is 0.312. The first kappa shape index (κ1) is 27.0. The first-order chi connectivity index (χ1) is 19.2. The number of hydrogen-bond donors (Lipinski definition) is 2. The molecule has 3 heterocycles. The Balaban J connectivity index is 1.62. The van der Waals surface area contributed by atoms with Gasteiger partial charge in [0.05, 0.1) is 28.6 Å². The Bertz CT molecular complexity index is 1800. The van der Waals surface area contributed by atoms with Gasteiger partial charge in [-0.05, 0) is 37.3 Å². The maximum Gasteiger partial charge on any atom is 0.316 e. The van der Waals surface area contributed by atoms with Crippen LogP contribution in [0.5, 0.6) is 6.01 Å². The average molecular weight is 586 g/mol. The predicted molar refractivity (Wildman–Crippen MR) is 142 cm³/mol. The van der Waals surface area contributed by atoms with Gasteiger partial charge in [-0.25, -0.2) is 46.5 Å². The van der Waals surface area contributed by atoms with Gasteiger partial charge in [-0.15, -0.1) is 11.3 Å². The van der Waals surface area contributed by atoms with Crippen LogP contribution in [-0.4, -0.2) is 39.9 Å². The molecule has 3 N–H and O–H groups in total. The molecule has 204 valence electrons. The normalized spacial score (nSPS) is 11.4.